The molecular weight excluding hydrogens is 190 g/mol. The van der Waals surface area contributed by atoms with Crippen molar-refractivity contribution in [1.29, 1.82) is 0 Å². The van der Waals surface area contributed by atoms with Crippen molar-refractivity contribution in [3.63, 3.8) is 0 Å². The van der Waals surface area contributed by atoms with Gasteiger partial charge in [0.25, 0.3) is 0 Å². The van der Waals surface area contributed by atoms with Crippen molar-refractivity contribution in [2.24, 2.45) is 0 Å². The second kappa shape index (κ2) is 6.51. The molecule has 0 fully saturated rings. The molecule has 0 bridgehead atoms. The molecule has 0 unspecified atom stereocenters. The SMILES string of the molecule is OP(O)Oc1ccccc1.[KH]. The van der Waals surface area contributed by atoms with Gasteiger partial charge in [-0.2, -0.15) is 0 Å². The zero-order valence-corrected chi connectivity index (χ0v) is 6.03. The predicted molar refractivity (Wildman–Crippen MR) is 45.6 cm³/mol. The Morgan fingerprint density at radius 3 is 2.09 bits per heavy atom. The van der Waals surface area contributed by atoms with E-state index in [1.807, 2.05) is 6.07 Å². The fourth-order valence-corrected chi connectivity index (χ4v) is 0.886. The van der Waals surface area contributed by atoms with Gasteiger partial charge >= 0.3 is 60.0 Å². The van der Waals surface area contributed by atoms with Crippen molar-refractivity contribution in [3.8, 4) is 5.75 Å². The third-order valence-corrected chi connectivity index (χ3v) is 1.30. The fraction of sp³-hybridized carbons (Fsp3) is 0. The molecule has 0 aliphatic rings. The van der Waals surface area contributed by atoms with E-state index in [1.54, 1.807) is 24.3 Å². The van der Waals surface area contributed by atoms with E-state index < -0.39 is 8.60 Å². The number of hydrogen-bond acceptors (Lipinski definition) is 3. The Kier molecular flexibility index (Phi) is 7.11. The van der Waals surface area contributed by atoms with Crippen LogP contribution in [-0.2, 0) is 0 Å². The quantitative estimate of drug-likeness (QED) is 0.541. The van der Waals surface area contributed by atoms with Gasteiger partial charge in [-0.05, 0) is 12.1 Å². The maximum absolute atomic E-state index is 8.40. The Morgan fingerprint density at radius 1 is 1.09 bits per heavy atom. The van der Waals surface area contributed by atoms with Gasteiger partial charge in [0.2, 0.25) is 0 Å². The van der Waals surface area contributed by atoms with Crippen LogP contribution in [0.1, 0.15) is 0 Å². The first-order chi connectivity index (χ1) is 4.79. The van der Waals surface area contributed by atoms with E-state index in [-0.39, 0.29) is 51.4 Å². The summed E-state index contributed by atoms with van der Waals surface area (Å²) in [5.41, 5.74) is 0. The Balaban J connectivity index is 0.000001000. The van der Waals surface area contributed by atoms with Crippen LogP contribution in [0.3, 0.4) is 0 Å². The number of rotatable bonds is 2. The van der Waals surface area contributed by atoms with Crippen molar-refractivity contribution in [1.82, 2.24) is 0 Å². The molecule has 0 saturated heterocycles. The van der Waals surface area contributed by atoms with Crippen LogP contribution in [0.25, 0.3) is 0 Å². The summed E-state index contributed by atoms with van der Waals surface area (Å²) in [6.45, 7) is 0. The Labute approximate surface area is 109 Å². The Hall–Kier alpha value is 1.01. The molecule has 0 aliphatic carbocycles. The average Bonchev–Trinajstić information content (AvgIpc) is 1.88. The summed E-state index contributed by atoms with van der Waals surface area (Å²) < 4.78 is 4.59. The molecule has 0 radical (unpaired) electrons. The van der Waals surface area contributed by atoms with E-state index in [0.29, 0.717) is 5.75 Å². The topological polar surface area (TPSA) is 49.7 Å². The molecule has 2 N–H and O–H groups in total. The number of benzene rings is 1. The molecule has 1 aromatic carbocycles. The first-order valence-corrected chi connectivity index (χ1v) is 3.86. The second-order valence-electron chi connectivity index (χ2n) is 1.66. The molecule has 5 heteroatoms. The van der Waals surface area contributed by atoms with Crippen LogP contribution in [0.2, 0.25) is 0 Å². The Bertz CT molecular complexity index is 192. The van der Waals surface area contributed by atoms with Crippen LogP contribution in [0.5, 0.6) is 5.75 Å². The van der Waals surface area contributed by atoms with Crippen LogP contribution >= 0.6 is 8.60 Å². The molecule has 0 aromatic heterocycles. The molecule has 3 nitrogen and oxygen atoms in total. The summed E-state index contributed by atoms with van der Waals surface area (Å²) in [6.07, 6.45) is 0. The average molecular weight is 198 g/mol. The van der Waals surface area contributed by atoms with Crippen molar-refractivity contribution in [2.45, 2.75) is 0 Å². The van der Waals surface area contributed by atoms with Crippen molar-refractivity contribution < 1.29 is 14.3 Å². The van der Waals surface area contributed by atoms with Gasteiger partial charge in [-0.25, -0.2) is 0 Å². The summed E-state index contributed by atoms with van der Waals surface area (Å²) in [6, 6.07) is 8.65. The number of hydrogen-bond donors (Lipinski definition) is 2. The van der Waals surface area contributed by atoms with Gasteiger partial charge in [-0.15, -0.1) is 0 Å². The van der Waals surface area contributed by atoms with E-state index in [1.165, 1.54) is 0 Å². The molecule has 0 atom stereocenters. The van der Waals surface area contributed by atoms with Gasteiger partial charge in [0.15, 0.2) is 0 Å². The van der Waals surface area contributed by atoms with Crippen molar-refractivity contribution >= 4 is 60.0 Å². The minimum absolute atomic E-state index is 0. The predicted octanol–water partition coefficient (Wildman–Crippen LogP) is 0.628. The Morgan fingerprint density at radius 2 is 1.64 bits per heavy atom. The number of para-hydroxylation sites is 1. The summed E-state index contributed by atoms with van der Waals surface area (Å²) in [7, 11) is -2.28. The van der Waals surface area contributed by atoms with Crippen LogP contribution in [0.15, 0.2) is 30.3 Å². The zero-order valence-electron chi connectivity index (χ0n) is 5.14. The maximum atomic E-state index is 8.40. The van der Waals surface area contributed by atoms with Gasteiger partial charge in [0.1, 0.15) is 5.75 Å². The van der Waals surface area contributed by atoms with Gasteiger partial charge < -0.3 is 14.3 Å². The van der Waals surface area contributed by atoms with Crippen LogP contribution in [0.4, 0.5) is 0 Å². The standard InChI is InChI=1S/C6H7O3P.K.H/c7-10(8)9-6-4-2-1-3-5-6;;/h1-5,7-8H;;. The molecule has 0 amide bonds. The van der Waals surface area contributed by atoms with E-state index >= 15 is 0 Å². The van der Waals surface area contributed by atoms with Crippen LogP contribution in [0, 0.1) is 0 Å². The summed E-state index contributed by atoms with van der Waals surface area (Å²) in [5.74, 6) is 0.471. The summed E-state index contributed by atoms with van der Waals surface area (Å²) in [4.78, 5) is 16.8. The fourth-order valence-electron chi connectivity index (χ4n) is 0.576. The van der Waals surface area contributed by atoms with Crippen molar-refractivity contribution in [2.75, 3.05) is 0 Å². The zero-order chi connectivity index (χ0) is 7.40. The van der Waals surface area contributed by atoms with E-state index in [4.69, 9.17) is 9.79 Å². The third kappa shape index (κ3) is 5.28. The monoisotopic (exact) mass is 198 g/mol. The van der Waals surface area contributed by atoms with E-state index in [0.717, 1.165) is 0 Å². The molecule has 11 heavy (non-hydrogen) atoms. The molecule has 1 aromatic rings. The second-order valence-corrected chi connectivity index (χ2v) is 2.35. The van der Waals surface area contributed by atoms with Gasteiger partial charge in [0, 0.05) is 0 Å². The van der Waals surface area contributed by atoms with Crippen LogP contribution < -0.4 is 4.52 Å². The van der Waals surface area contributed by atoms with E-state index in [9.17, 15) is 0 Å². The molecule has 0 aliphatic heterocycles. The molecule has 0 heterocycles. The van der Waals surface area contributed by atoms with Gasteiger partial charge in [-0.1, -0.05) is 18.2 Å². The summed E-state index contributed by atoms with van der Waals surface area (Å²) in [5, 5.41) is 0. The minimum atomic E-state index is -2.28. The molecule has 0 spiro atoms. The third-order valence-electron chi connectivity index (χ3n) is 0.930. The first-order valence-electron chi connectivity index (χ1n) is 2.70. The molecule has 56 valence electrons. The first kappa shape index (κ1) is 12.0. The van der Waals surface area contributed by atoms with Crippen molar-refractivity contribution in [3.05, 3.63) is 30.3 Å². The normalized spacial score (nSPS) is 9.00. The molecular formula is C6H8KO3P. The molecule has 1 rings (SSSR count). The van der Waals surface area contributed by atoms with Crippen LogP contribution in [-0.4, -0.2) is 61.2 Å². The molecule has 0 saturated carbocycles. The van der Waals surface area contributed by atoms with Gasteiger partial charge in [0.05, 0.1) is 0 Å². The van der Waals surface area contributed by atoms with E-state index in [2.05, 4.69) is 4.52 Å². The van der Waals surface area contributed by atoms with Gasteiger partial charge in [-0.3, -0.25) is 0 Å². The summed E-state index contributed by atoms with van der Waals surface area (Å²) >= 11 is 0.